The minimum Gasteiger partial charge on any atom is -0.381 e. The van der Waals surface area contributed by atoms with E-state index in [9.17, 15) is 9.59 Å². The van der Waals surface area contributed by atoms with Gasteiger partial charge in [0.1, 0.15) is 0 Å². The maximum absolute atomic E-state index is 12.6. The molecule has 1 aliphatic heterocycles. The highest BCUT2D eigenvalue weighted by molar-refractivity contribution is 14.0. The van der Waals surface area contributed by atoms with E-state index in [4.69, 9.17) is 4.74 Å². The lowest BCUT2D eigenvalue weighted by Gasteiger charge is -2.18. The van der Waals surface area contributed by atoms with Crippen LogP contribution in [0.3, 0.4) is 0 Å². The van der Waals surface area contributed by atoms with Gasteiger partial charge < -0.3 is 15.4 Å². The largest absolute Gasteiger partial charge is 0.381 e. The van der Waals surface area contributed by atoms with Crippen molar-refractivity contribution in [2.75, 3.05) is 39.9 Å². The molecule has 2 amide bonds. The molecule has 8 heteroatoms. The second-order valence-corrected chi connectivity index (χ2v) is 8.48. The van der Waals surface area contributed by atoms with Gasteiger partial charge in [-0.25, -0.2) is 0 Å². The number of guanidine groups is 1. The normalized spacial score (nSPS) is 30.0. The monoisotopic (exact) mass is 516 g/mol. The highest BCUT2D eigenvalue weighted by Crippen LogP contribution is 2.52. The summed E-state index contributed by atoms with van der Waals surface area (Å²) < 4.78 is 5.63. The summed E-state index contributed by atoms with van der Waals surface area (Å²) in [6.07, 6.45) is 9.57. The van der Waals surface area contributed by atoms with Gasteiger partial charge in [-0.2, -0.15) is 0 Å². The van der Waals surface area contributed by atoms with Gasteiger partial charge >= 0.3 is 0 Å². The van der Waals surface area contributed by atoms with Crippen LogP contribution in [0.15, 0.2) is 17.1 Å². The first kappa shape index (κ1) is 22.5. The SMILES string of the molecule is CN=C(NCCCOCC1CC1)NCCCN1C(=O)C2C3C=CC(C3)C2C1=O.I. The van der Waals surface area contributed by atoms with Gasteiger partial charge in [0.25, 0.3) is 0 Å². The third-order valence-corrected chi connectivity index (χ3v) is 6.44. The first-order valence-electron chi connectivity index (χ1n) is 10.7. The molecule has 0 radical (unpaired) electrons. The number of amides is 2. The minimum absolute atomic E-state index is 0. The maximum atomic E-state index is 12.6. The molecule has 2 bridgehead atoms. The lowest BCUT2D eigenvalue weighted by molar-refractivity contribution is -0.140. The summed E-state index contributed by atoms with van der Waals surface area (Å²) in [4.78, 5) is 31.0. The van der Waals surface area contributed by atoms with Crippen molar-refractivity contribution in [1.29, 1.82) is 0 Å². The molecule has 4 unspecified atom stereocenters. The van der Waals surface area contributed by atoms with E-state index in [1.54, 1.807) is 7.05 Å². The number of allylic oxidation sites excluding steroid dienone is 2. The molecule has 0 spiro atoms. The highest BCUT2D eigenvalue weighted by atomic mass is 127. The number of nitrogens with zero attached hydrogens (tertiary/aromatic N) is 2. The van der Waals surface area contributed by atoms with E-state index in [0.717, 1.165) is 50.9 Å². The average Bonchev–Trinajstić information content (AvgIpc) is 3.20. The molecule has 3 aliphatic carbocycles. The standard InChI is InChI=1S/C21H32N4O3.HI/c1-22-21(24-9-3-11-28-13-14-4-5-14)23-8-2-10-25-19(26)17-15-6-7-16(12-15)18(17)20(25)27;/h6-7,14-18H,2-5,8-13H2,1H3,(H2,22,23,24);1H. The van der Waals surface area contributed by atoms with Crippen LogP contribution in [0.2, 0.25) is 0 Å². The van der Waals surface area contributed by atoms with Crippen LogP contribution in [-0.4, -0.2) is 62.6 Å². The van der Waals surface area contributed by atoms with Crippen molar-refractivity contribution in [3.63, 3.8) is 0 Å². The molecule has 4 aliphatic rings. The van der Waals surface area contributed by atoms with Gasteiger partial charge in [0.05, 0.1) is 11.8 Å². The zero-order valence-corrected chi connectivity index (χ0v) is 19.5. The molecule has 4 atom stereocenters. The summed E-state index contributed by atoms with van der Waals surface area (Å²) in [5.41, 5.74) is 0. The van der Waals surface area contributed by atoms with Gasteiger partial charge in [-0.05, 0) is 49.9 Å². The van der Waals surface area contributed by atoms with Crippen LogP contribution in [-0.2, 0) is 14.3 Å². The van der Waals surface area contributed by atoms with Crippen molar-refractivity contribution in [3.8, 4) is 0 Å². The number of nitrogens with one attached hydrogen (secondary N) is 2. The molecule has 0 aromatic carbocycles. The molecule has 2 saturated carbocycles. The Bertz CT molecular complexity index is 634. The molecule has 2 N–H and O–H groups in total. The molecular weight excluding hydrogens is 483 g/mol. The molecule has 1 heterocycles. The first-order valence-corrected chi connectivity index (χ1v) is 10.7. The second-order valence-electron chi connectivity index (χ2n) is 8.48. The number of rotatable bonds is 10. The number of hydrogen-bond donors (Lipinski definition) is 2. The molecule has 0 aromatic heterocycles. The Labute approximate surface area is 190 Å². The number of halogens is 1. The first-order chi connectivity index (χ1) is 13.7. The smallest absolute Gasteiger partial charge is 0.233 e. The fourth-order valence-corrected chi connectivity index (χ4v) is 4.76. The van der Waals surface area contributed by atoms with Gasteiger partial charge in [-0.3, -0.25) is 19.5 Å². The Morgan fingerprint density at radius 1 is 1.10 bits per heavy atom. The van der Waals surface area contributed by atoms with E-state index < -0.39 is 0 Å². The molecule has 4 rings (SSSR count). The van der Waals surface area contributed by atoms with Crippen molar-refractivity contribution < 1.29 is 14.3 Å². The summed E-state index contributed by atoms with van der Waals surface area (Å²) in [6, 6.07) is 0. The van der Waals surface area contributed by atoms with Crippen LogP contribution in [0.25, 0.3) is 0 Å². The Kier molecular flexibility index (Phi) is 7.95. The van der Waals surface area contributed by atoms with E-state index in [0.29, 0.717) is 13.1 Å². The Balaban J connectivity index is 0.00000240. The summed E-state index contributed by atoms with van der Waals surface area (Å²) in [5.74, 6) is 2.03. The lowest BCUT2D eigenvalue weighted by Crippen LogP contribution is -2.40. The van der Waals surface area contributed by atoms with Crippen LogP contribution < -0.4 is 10.6 Å². The van der Waals surface area contributed by atoms with Gasteiger partial charge in [0, 0.05) is 39.9 Å². The molecule has 29 heavy (non-hydrogen) atoms. The zero-order chi connectivity index (χ0) is 19.5. The van der Waals surface area contributed by atoms with Crippen LogP contribution >= 0.6 is 24.0 Å². The number of likely N-dealkylation sites (tertiary alicyclic amines) is 1. The number of hydrogen-bond acceptors (Lipinski definition) is 4. The van der Waals surface area contributed by atoms with Gasteiger partial charge in [-0.1, -0.05) is 12.2 Å². The summed E-state index contributed by atoms with van der Waals surface area (Å²) in [5, 5.41) is 6.53. The molecule has 0 aromatic rings. The van der Waals surface area contributed by atoms with Crippen LogP contribution in [0.5, 0.6) is 0 Å². The number of fused-ring (bicyclic) bond motifs is 5. The summed E-state index contributed by atoms with van der Waals surface area (Å²) in [6.45, 7) is 3.66. The quantitative estimate of drug-likeness (QED) is 0.116. The topological polar surface area (TPSA) is 83.0 Å². The third-order valence-electron chi connectivity index (χ3n) is 6.44. The van der Waals surface area contributed by atoms with Gasteiger partial charge in [0.15, 0.2) is 5.96 Å². The zero-order valence-electron chi connectivity index (χ0n) is 17.1. The van der Waals surface area contributed by atoms with Crippen LogP contribution in [0.1, 0.15) is 32.1 Å². The lowest BCUT2D eigenvalue weighted by atomic mass is 9.85. The van der Waals surface area contributed by atoms with E-state index >= 15 is 0 Å². The van der Waals surface area contributed by atoms with Crippen LogP contribution in [0.4, 0.5) is 0 Å². The van der Waals surface area contributed by atoms with E-state index in [1.807, 2.05) is 0 Å². The highest BCUT2D eigenvalue weighted by Gasteiger charge is 2.58. The number of carbonyl (C=O) groups excluding carboxylic acids is 2. The number of carbonyl (C=O) groups is 2. The molecule has 3 fully saturated rings. The molecule has 1 saturated heterocycles. The number of aliphatic imine (C=N–C) groups is 1. The van der Waals surface area contributed by atoms with Crippen molar-refractivity contribution >= 4 is 41.8 Å². The predicted molar refractivity (Wildman–Crippen MR) is 122 cm³/mol. The van der Waals surface area contributed by atoms with Crippen LogP contribution in [0, 0.1) is 29.6 Å². The van der Waals surface area contributed by atoms with Crippen molar-refractivity contribution in [3.05, 3.63) is 12.2 Å². The van der Waals surface area contributed by atoms with Crippen molar-refractivity contribution in [2.24, 2.45) is 34.6 Å². The van der Waals surface area contributed by atoms with E-state index in [-0.39, 0.29) is 59.5 Å². The predicted octanol–water partition coefficient (Wildman–Crippen LogP) is 1.78. The minimum atomic E-state index is -0.0907. The molecule has 7 nitrogen and oxygen atoms in total. The average molecular weight is 516 g/mol. The second kappa shape index (κ2) is 10.2. The molecular formula is C21H33IN4O3. The summed E-state index contributed by atoms with van der Waals surface area (Å²) >= 11 is 0. The summed E-state index contributed by atoms with van der Waals surface area (Å²) in [7, 11) is 1.75. The molecule has 162 valence electrons. The maximum Gasteiger partial charge on any atom is 0.233 e. The van der Waals surface area contributed by atoms with Gasteiger partial charge in [0.2, 0.25) is 11.8 Å². The van der Waals surface area contributed by atoms with Gasteiger partial charge in [-0.15, -0.1) is 24.0 Å². The number of ether oxygens (including phenoxy) is 1. The fourth-order valence-electron chi connectivity index (χ4n) is 4.76. The van der Waals surface area contributed by atoms with E-state index in [2.05, 4.69) is 27.8 Å². The fraction of sp³-hybridized carbons (Fsp3) is 0.762. The van der Waals surface area contributed by atoms with E-state index in [1.165, 1.54) is 17.7 Å². The third kappa shape index (κ3) is 5.13. The Morgan fingerprint density at radius 3 is 2.31 bits per heavy atom. The Morgan fingerprint density at radius 2 is 1.72 bits per heavy atom. The van der Waals surface area contributed by atoms with Crippen molar-refractivity contribution in [1.82, 2.24) is 15.5 Å². The Hall–Kier alpha value is -1.16. The number of imide groups is 1. The van der Waals surface area contributed by atoms with Crippen molar-refractivity contribution in [2.45, 2.75) is 32.1 Å².